The molecular weight excluding hydrogens is 450 g/mol. The summed E-state index contributed by atoms with van der Waals surface area (Å²) >= 11 is 0. The third-order valence-electron chi connectivity index (χ3n) is 4.96. The van der Waals surface area contributed by atoms with Crippen molar-refractivity contribution in [2.75, 3.05) is 60.5 Å². The molecule has 1 aliphatic rings. The maximum atomic E-state index is 11.4. The highest BCUT2D eigenvalue weighted by atomic mass is 16.7. The van der Waals surface area contributed by atoms with Crippen molar-refractivity contribution in [3.05, 3.63) is 29.8 Å². The van der Waals surface area contributed by atoms with Gasteiger partial charge in [-0.05, 0) is 24.3 Å². The van der Waals surface area contributed by atoms with Crippen molar-refractivity contribution < 1.29 is 47.9 Å². The second-order valence-electron chi connectivity index (χ2n) is 7.56. The highest BCUT2D eigenvalue weighted by Gasteiger charge is 2.38. The Balaban J connectivity index is 1.46. The van der Waals surface area contributed by atoms with Crippen LogP contribution >= 0.6 is 0 Å². The first kappa shape index (κ1) is 28.0. The van der Waals surface area contributed by atoms with Crippen LogP contribution in [0.3, 0.4) is 0 Å². The van der Waals surface area contributed by atoms with E-state index in [1.54, 1.807) is 24.3 Å². The molecule has 11 heteroatoms. The van der Waals surface area contributed by atoms with Crippen molar-refractivity contribution in [1.29, 1.82) is 0 Å². The summed E-state index contributed by atoms with van der Waals surface area (Å²) < 4.78 is 37.6. The Bertz CT molecular complexity index is 729. The Morgan fingerprint density at radius 1 is 1.00 bits per heavy atom. The number of methoxy groups -OCH3 is 2. The van der Waals surface area contributed by atoms with Crippen LogP contribution < -0.4 is 10.1 Å². The summed E-state index contributed by atoms with van der Waals surface area (Å²) in [6.07, 6.45) is -1.53. The molecule has 1 aromatic carbocycles. The van der Waals surface area contributed by atoms with E-state index in [1.807, 2.05) is 0 Å². The molecular formula is C23H35NO10. The molecule has 2 N–H and O–H groups in total. The summed E-state index contributed by atoms with van der Waals surface area (Å²) in [5.74, 6) is -0.00986. The van der Waals surface area contributed by atoms with E-state index in [-0.39, 0.29) is 18.6 Å². The van der Waals surface area contributed by atoms with Gasteiger partial charge in [-0.1, -0.05) is 0 Å². The maximum absolute atomic E-state index is 11.4. The molecule has 11 nitrogen and oxygen atoms in total. The summed E-state index contributed by atoms with van der Waals surface area (Å²) in [5, 5.41) is 12.9. The van der Waals surface area contributed by atoms with Gasteiger partial charge in [-0.15, -0.1) is 0 Å². The van der Waals surface area contributed by atoms with Crippen molar-refractivity contribution in [1.82, 2.24) is 5.32 Å². The first-order chi connectivity index (χ1) is 16.4. The third-order valence-corrected chi connectivity index (χ3v) is 4.96. The standard InChI is InChI=1S/C23H35NO10/c1-16(25)24-21-20(26)14-19(34-23(21)29-3)15-32-11-10-30-8-9-31-12-13-33-18-6-4-17(5-7-18)22(27)28-2/h4-7,19-21,23,26H,8-15H2,1-3H3,(H,24,25)/t19-,20-,21+,23-/m0/s1. The minimum atomic E-state index is -0.784. The number of carbonyl (C=O) groups is 2. The largest absolute Gasteiger partial charge is 0.491 e. The normalized spacial score (nSPS) is 22.2. The van der Waals surface area contributed by atoms with Crippen LogP contribution in [0.2, 0.25) is 0 Å². The molecule has 4 atom stereocenters. The van der Waals surface area contributed by atoms with E-state index in [1.165, 1.54) is 21.1 Å². The molecule has 1 aliphatic heterocycles. The van der Waals surface area contributed by atoms with Crippen LogP contribution in [-0.2, 0) is 33.2 Å². The zero-order valence-corrected chi connectivity index (χ0v) is 19.9. The van der Waals surface area contributed by atoms with Crippen molar-refractivity contribution >= 4 is 11.9 Å². The monoisotopic (exact) mass is 485 g/mol. The van der Waals surface area contributed by atoms with E-state index < -0.39 is 24.4 Å². The number of carbonyl (C=O) groups excluding carboxylic acids is 2. The van der Waals surface area contributed by atoms with Gasteiger partial charge in [-0.2, -0.15) is 0 Å². The lowest BCUT2D eigenvalue weighted by atomic mass is 10.0. The molecule has 0 unspecified atom stereocenters. The van der Waals surface area contributed by atoms with Crippen LogP contribution in [0.5, 0.6) is 5.75 Å². The van der Waals surface area contributed by atoms with E-state index in [9.17, 15) is 14.7 Å². The number of benzene rings is 1. The summed E-state index contributed by atoms with van der Waals surface area (Å²) in [6.45, 7) is 4.03. The molecule has 1 heterocycles. The first-order valence-corrected chi connectivity index (χ1v) is 11.1. The van der Waals surface area contributed by atoms with Gasteiger partial charge in [0.1, 0.15) is 18.4 Å². The lowest BCUT2D eigenvalue weighted by Gasteiger charge is -2.38. The summed E-state index contributed by atoms with van der Waals surface area (Å²) in [7, 11) is 2.80. The number of amides is 1. The average molecular weight is 486 g/mol. The number of nitrogens with one attached hydrogen (secondary N) is 1. The smallest absolute Gasteiger partial charge is 0.337 e. The fourth-order valence-corrected chi connectivity index (χ4v) is 3.31. The van der Waals surface area contributed by atoms with Crippen molar-refractivity contribution in [2.45, 2.75) is 37.9 Å². The zero-order chi connectivity index (χ0) is 24.8. The summed E-state index contributed by atoms with van der Waals surface area (Å²) in [5.41, 5.74) is 0.464. The average Bonchev–Trinajstić information content (AvgIpc) is 2.83. The van der Waals surface area contributed by atoms with E-state index in [0.717, 1.165) is 0 Å². The molecule has 0 spiro atoms. The Labute approximate surface area is 199 Å². The second-order valence-corrected chi connectivity index (χ2v) is 7.56. The second kappa shape index (κ2) is 15.6. The number of hydrogen-bond donors (Lipinski definition) is 2. The number of esters is 1. The third kappa shape index (κ3) is 9.92. The number of rotatable bonds is 15. The Morgan fingerprint density at radius 2 is 1.62 bits per heavy atom. The maximum Gasteiger partial charge on any atom is 0.337 e. The number of aliphatic hydroxyl groups is 1. The quantitative estimate of drug-likeness (QED) is 0.268. The fraction of sp³-hybridized carbons (Fsp3) is 0.652. The van der Waals surface area contributed by atoms with E-state index >= 15 is 0 Å². The van der Waals surface area contributed by atoms with Crippen LogP contribution in [0.25, 0.3) is 0 Å². The van der Waals surface area contributed by atoms with Crippen molar-refractivity contribution in [3.8, 4) is 5.75 Å². The molecule has 1 aromatic rings. The molecule has 34 heavy (non-hydrogen) atoms. The molecule has 0 bridgehead atoms. The molecule has 0 radical (unpaired) electrons. The molecule has 1 fully saturated rings. The Hall–Kier alpha value is -2.28. The Morgan fingerprint density at radius 3 is 2.21 bits per heavy atom. The van der Waals surface area contributed by atoms with Crippen molar-refractivity contribution in [2.24, 2.45) is 0 Å². The van der Waals surface area contributed by atoms with E-state index in [0.29, 0.717) is 57.4 Å². The molecule has 1 amide bonds. The van der Waals surface area contributed by atoms with Crippen LogP contribution in [0.4, 0.5) is 0 Å². The number of aliphatic hydroxyl groups excluding tert-OH is 1. The van der Waals surface area contributed by atoms with Crippen LogP contribution in [0, 0.1) is 0 Å². The topological polar surface area (TPSA) is 131 Å². The minimum absolute atomic E-state index is 0.259. The summed E-state index contributed by atoms with van der Waals surface area (Å²) in [6, 6.07) is 6.06. The lowest BCUT2D eigenvalue weighted by Crippen LogP contribution is -2.58. The van der Waals surface area contributed by atoms with Gasteiger partial charge in [-0.3, -0.25) is 4.79 Å². The van der Waals surface area contributed by atoms with Crippen LogP contribution in [-0.4, -0.2) is 102 Å². The highest BCUT2D eigenvalue weighted by Crippen LogP contribution is 2.21. The predicted octanol–water partition coefficient (Wildman–Crippen LogP) is 0.529. The number of ether oxygens (including phenoxy) is 7. The van der Waals surface area contributed by atoms with Gasteiger partial charge in [0, 0.05) is 20.5 Å². The fourth-order valence-electron chi connectivity index (χ4n) is 3.31. The lowest BCUT2D eigenvalue weighted by molar-refractivity contribution is -0.230. The number of hydrogen-bond acceptors (Lipinski definition) is 10. The highest BCUT2D eigenvalue weighted by molar-refractivity contribution is 5.89. The van der Waals surface area contributed by atoms with E-state index in [4.69, 9.17) is 28.4 Å². The zero-order valence-electron chi connectivity index (χ0n) is 19.9. The van der Waals surface area contributed by atoms with Gasteiger partial charge in [0.05, 0.1) is 64.5 Å². The van der Waals surface area contributed by atoms with Gasteiger partial charge in [0.25, 0.3) is 0 Å². The van der Waals surface area contributed by atoms with E-state index in [2.05, 4.69) is 10.1 Å². The van der Waals surface area contributed by atoms with Crippen LogP contribution in [0.1, 0.15) is 23.7 Å². The molecule has 1 saturated heterocycles. The summed E-state index contributed by atoms with van der Waals surface area (Å²) in [4.78, 5) is 22.7. The predicted molar refractivity (Wildman–Crippen MR) is 120 cm³/mol. The molecule has 2 rings (SSSR count). The molecule has 192 valence electrons. The van der Waals surface area contributed by atoms with Crippen LogP contribution in [0.15, 0.2) is 24.3 Å². The minimum Gasteiger partial charge on any atom is -0.491 e. The van der Waals surface area contributed by atoms with Crippen molar-refractivity contribution in [3.63, 3.8) is 0 Å². The van der Waals surface area contributed by atoms with Gasteiger partial charge >= 0.3 is 5.97 Å². The van der Waals surface area contributed by atoms with Gasteiger partial charge in [0.2, 0.25) is 5.91 Å². The molecule has 0 aliphatic carbocycles. The molecule has 0 saturated carbocycles. The van der Waals surface area contributed by atoms with Gasteiger partial charge < -0.3 is 43.6 Å². The first-order valence-electron chi connectivity index (χ1n) is 11.1. The van der Waals surface area contributed by atoms with Gasteiger partial charge in [-0.25, -0.2) is 4.79 Å². The van der Waals surface area contributed by atoms with Gasteiger partial charge in [0.15, 0.2) is 6.29 Å². The SMILES string of the molecule is COC(=O)c1ccc(OCCOCCOCCOC[C@@H]2C[C@H](O)[C@@H](NC(C)=O)[C@@H](OC)O2)cc1. The Kier molecular flexibility index (Phi) is 12.8. The molecule has 0 aromatic heterocycles.